The van der Waals surface area contributed by atoms with Crippen LogP contribution in [0, 0.1) is 11.8 Å². The molecule has 0 aromatic carbocycles. The Kier molecular flexibility index (Phi) is 6.65. The van der Waals surface area contributed by atoms with Gasteiger partial charge in [0.25, 0.3) is 5.56 Å². The molecule has 0 saturated heterocycles. The first-order valence-corrected chi connectivity index (χ1v) is 11.6. The predicted octanol–water partition coefficient (Wildman–Crippen LogP) is 4.02. The van der Waals surface area contributed by atoms with Gasteiger partial charge in [-0.2, -0.15) is 0 Å². The first kappa shape index (κ1) is 21.1. The van der Waals surface area contributed by atoms with Gasteiger partial charge in [0.2, 0.25) is 5.91 Å². The second-order valence-corrected chi connectivity index (χ2v) is 10.4. The molecule has 0 fully saturated rings. The van der Waals surface area contributed by atoms with Crippen LogP contribution in [-0.4, -0.2) is 27.3 Å². The van der Waals surface area contributed by atoms with E-state index in [0.29, 0.717) is 30.1 Å². The Morgan fingerprint density at radius 2 is 2.21 bits per heavy atom. The lowest BCUT2D eigenvalue weighted by molar-refractivity contribution is -0.120. The molecular formula is C21H29N3O2S2. The summed E-state index contributed by atoms with van der Waals surface area (Å²) in [6.45, 7) is 13.0. The molecule has 2 unspecified atom stereocenters. The molecule has 0 radical (unpaired) electrons. The summed E-state index contributed by atoms with van der Waals surface area (Å²) in [6.07, 6.45) is 4.77. The lowest BCUT2D eigenvalue weighted by atomic mass is 9.89. The van der Waals surface area contributed by atoms with E-state index in [1.165, 1.54) is 22.2 Å². The fourth-order valence-electron chi connectivity index (χ4n) is 3.55. The molecular weight excluding hydrogens is 390 g/mol. The normalized spacial score (nSPS) is 17.5. The number of hydrogen-bond donors (Lipinski definition) is 1. The van der Waals surface area contributed by atoms with Crippen LogP contribution in [0.2, 0.25) is 0 Å². The minimum Gasteiger partial charge on any atom is -0.352 e. The second kappa shape index (κ2) is 8.82. The Labute approximate surface area is 174 Å². The standard InChI is InChI=1S/C21H29N3O2S2/c1-6-9-22-18(25)14(5)27-21-23-19-17(20(26)24(21)11-12(2)3)15-8-7-13(4)10-16(15)28-19/h6,12-14H,1,7-11H2,2-5H3,(H,22,25). The van der Waals surface area contributed by atoms with Gasteiger partial charge >= 0.3 is 0 Å². The van der Waals surface area contributed by atoms with E-state index in [4.69, 9.17) is 4.98 Å². The Hall–Kier alpha value is -1.60. The zero-order valence-corrected chi connectivity index (χ0v) is 18.7. The van der Waals surface area contributed by atoms with E-state index in [0.717, 1.165) is 29.5 Å². The molecule has 1 N–H and O–H groups in total. The van der Waals surface area contributed by atoms with E-state index in [1.807, 2.05) is 6.92 Å². The largest absolute Gasteiger partial charge is 0.352 e. The van der Waals surface area contributed by atoms with Crippen molar-refractivity contribution in [2.75, 3.05) is 6.54 Å². The fraction of sp³-hybridized carbons (Fsp3) is 0.571. The maximum absolute atomic E-state index is 13.4. The van der Waals surface area contributed by atoms with Gasteiger partial charge in [0.15, 0.2) is 5.16 Å². The minimum absolute atomic E-state index is 0.0481. The van der Waals surface area contributed by atoms with Gasteiger partial charge < -0.3 is 5.32 Å². The molecule has 2 atom stereocenters. The average Bonchev–Trinajstić information content (AvgIpc) is 2.99. The Morgan fingerprint density at radius 3 is 2.89 bits per heavy atom. The SMILES string of the molecule is C=CCNC(=O)C(C)Sc1nc2sc3c(c2c(=O)n1CC(C)C)CCC(C)C3. The van der Waals surface area contributed by atoms with Gasteiger partial charge in [0, 0.05) is 18.0 Å². The van der Waals surface area contributed by atoms with Crippen molar-refractivity contribution in [3.05, 3.63) is 33.4 Å². The molecule has 2 aromatic rings. The smallest absolute Gasteiger partial charge is 0.263 e. The maximum atomic E-state index is 13.4. The molecule has 2 aromatic heterocycles. The van der Waals surface area contributed by atoms with Gasteiger partial charge in [-0.1, -0.05) is 38.6 Å². The summed E-state index contributed by atoms with van der Waals surface area (Å²) in [5, 5.41) is 3.93. The zero-order valence-electron chi connectivity index (χ0n) is 17.1. The summed E-state index contributed by atoms with van der Waals surface area (Å²) in [5.41, 5.74) is 1.26. The fourth-order valence-corrected chi connectivity index (χ4v) is 5.92. The van der Waals surface area contributed by atoms with Gasteiger partial charge in [-0.05, 0) is 43.6 Å². The number of fused-ring (bicyclic) bond motifs is 3. The van der Waals surface area contributed by atoms with E-state index in [-0.39, 0.29) is 16.7 Å². The van der Waals surface area contributed by atoms with Crippen LogP contribution in [-0.2, 0) is 24.2 Å². The molecule has 28 heavy (non-hydrogen) atoms. The monoisotopic (exact) mass is 419 g/mol. The van der Waals surface area contributed by atoms with E-state index >= 15 is 0 Å². The third-order valence-corrected chi connectivity index (χ3v) is 7.24. The second-order valence-electron chi connectivity index (χ2n) is 8.03. The van der Waals surface area contributed by atoms with Gasteiger partial charge in [0.05, 0.1) is 10.6 Å². The van der Waals surface area contributed by atoms with Crippen molar-refractivity contribution < 1.29 is 4.79 Å². The van der Waals surface area contributed by atoms with Crippen LogP contribution >= 0.6 is 23.1 Å². The number of nitrogens with zero attached hydrogens (tertiary/aromatic N) is 2. The third-order valence-electron chi connectivity index (χ3n) is 5.00. The number of amides is 1. The highest BCUT2D eigenvalue weighted by Gasteiger charge is 2.26. The van der Waals surface area contributed by atoms with Gasteiger partial charge in [-0.25, -0.2) is 4.98 Å². The van der Waals surface area contributed by atoms with Crippen molar-refractivity contribution in [1.29, 1.82) is 0 Å². The van der Waals surface area contributed by atoms with Crippen molar-refractivity contribution in [3.63, 3.8) is 0 Å². The Bertz CT molecular complexity index is 945. The zero-order chi connectivity index (χ0) is 20.4. The number of rotatable bonds is 7. The van der Waals surface area contributed by atoms with Crippen molar-refractivity contribution in [2.45, 2.75) is 63.9 Å². The summed E-state index contributed by atoms with van der Waals surface area (Å²) >= 11 is 3.02. The summed E-state index contributed by atoms with van der Waals surface area (Å²) < 4.78 is 1.78. The molecule has 0 saturated carbocycles. The maximum Gasteiger partial charge on any atom is 0.263 e. The van der Waals surface area contributed by atoms with Crippen molar-refractivity contribution in [1.82, 2.24) is 14.9 Å². The molecule has 3 rings (SSSR count). The quantitative estimate of drug-likeness (QED) is 0.418. The molecule has 0 aliphatic heterocycles. The van der Waals surface area contributed by atoms with Crippen molar-refractivity contribution in [3.8, 4) is 0 Å². The molecule has 0 spiro atoms. The van der Waals surface area contributed by atoms with Crippen LogP contribution in [0.4, 0.5) is 0 Å². The van der Waals surface area contributed by atoms with Crippen LogP contribution in [0.5, 0.6) is 0 Å². The summed E-state index contributed by atoms with van der Waals surface area (Å²) in [7, 11) is 0. The number of nitrogens with one attached hydrogen (secondary N) is 1. The van der Waals surface area contributed by atoms with Crippen molar-refractivity contribution in [2.24, 2.45) is 11.8 Å². The number of carbonyl (C=O) groups excluding carboxylic acids is 1. The highest BCUT2D eigenvalue weighted by molar-refractivity contribution is 8.00. The molecule has 1 amide bonds. The van der Waals surface area contributed by atoms with E-state index in [9.17, 15) is 9.59 Å². The van der Waals surface area contributed by atoms with Crippen LogP contribution in [0.3, 0.4) is 0 Å². The average molecular weight is 420 g/mol. The summed E-state index contributed by atoms with van der Waals surface area (Å²) in [4.78, 5) is 32.7. The summed E-state index contributed by atoms with van der Waals surface area (Å²) in [6, 6.07) is 0. The molecule has 2 heterocycles. The Balaban J connectivity index is 2.04. The molecule has 1 aliphatic rings. The van der Waals surface area contributed by atoms with Crippen molar-refractivity contribution >= 4 is 39.2 Å². The first-order valence-electron chi connectivity index (χ1n) is 9.92. The number of aromatic nitrogens is 2. The predicted molar refractivity (Wildman–Crippen MR) is 118 cm³/mol. The summed E-state index contributed by atoms with van der Waals surface area (Å²) in [5.74, 6) is 0.895. The van der Waals surface area contributed by atoms with E-state index in [2.05, 4.69) is 32.7 Å². The molecule has 0 bridgehead atoms. The lowest BCUT2D eigenvalue weighted by Crippen LogP contribution is -2.32. The minimum atomic E-state index is -0.336. The number of thiophene rings is 1. The number of thioether (sulfide) groups is 1. The van der Waals surface area contributed by atoms with Crippen LogP contribution in [0.15, 0.2) is 22.6 Å². The lowest BCUT2D eigenvalue weighted by Gasteiger charge is -2.18. The highest BCUT2D eigenvalue weighted by Crippen LogP contribution is 2.37. The highest BCUT2D eigenvalue weighted by atomic mass is 32.2. The molecule has 7 heteroatoms. The Morgan fingerprint density at radius 1 is 1.46 bits per heavy atom. The van der Waals surface area contributed by atoms with E-state index < -0.39 is 0 Å². The van der Waals surface area contributed by atoms with Gasteiger partial charge in [-0.3, -0.25) is 14.2 Å². The van der Waals surface area contributed by atoms with Crippen LogP contribution in [0.25, 0.3) is 10.2 Å². The van der Waals surface area contributed by atoms with Gasteiger partial charge in [-0.15, -0.1) is 17.9 Å². The van der Waals surface area contributed by atoms with Crippen LogP contribution < -0.4 is 10.9 Å². The first-order chi connectivity index (χ1) is 13.3. The molecule has 152 valence electrons. The number of carbonyl (C=O) groups is 1. The number of aryl methyl sites for hydroxylation is 1. The third kappa shape index (κ3) is 4.35. The topological polar surface area (TPSA) is 64.0 Å². The van der Waals surface area contributed by atoms with E-state index in [1.54, 1.807) is 22.0 Å². The number of hydrogen-bond acceptors (Lipinski definition) is 5. The van der Waals surface area contributed by atoms with Crippen LogP contribution in [0.1, 0.15) is 44.6 Å². The molecule has 5 nitrogen and oxygen atoms in total. The van der Waals surface area contributed by atoms with Gasteiger partial charge in [0.1, 0.15) is 4.83 Å². The molecule has 1 aliphatic carbocycles.